The maximum Gasteiger partial charge on any atom is 2.00 e. The van der Waals surface area contributed by atoms with Crippen molar-refractivity contribution in [3.8, 4) is 0 Å². The van der Waals surface area contributed by atoms with Gasteiger partial charge in [0.15, 0.2) is 6.10 Å². The number of aliphatic hydroxyl groups excluding tert-OH is 5. The Labute approximate surface area is 120 Å². The van der Waals surface area contributed by atoms with Crippen molar-refractivity contribution in [3.63, 3.8) is 0 Å². The Balaban J connectivity index is -0.000000240. The van der Waals surface area contributed by atoms with Crippen LogP contribution in [0.25, 0.3) is 0 Å². The summed E-state index contributed by atoms with van der Waals surface area (Å²) in [5, 5.41) is 51.8. The third-order valence-corrected chi connectivity index (χ3v) is 1.51. The van der Waals surface area contributed by atoms with Gasteiger partial charge in [-0.15, -0.1) is 0 Å². The van der Waals surface area contributed by atoms with Gasteiger partial charge in [-0.05, 0) is 0 Å². The molecule has 82 valence electrons. The van der Waals surface area contributed by atoms with Crippen LogP contribution in [0.15, 0.2) is 0 Å². The molecule has 14 heavy (non-hydrogen) atoms. The second-order valence-electron chi connectivity index (χ2n) is 2.51. The first-order valence-corrected chi connectivity index (χ1v) is 3.47. The second kappa shape index (κ2) is 7.97. The molecule has 6 N–H and O–H groups in total. The molecule has 0 saturated heterocycles. The van der Waals surface area contributed by atoms with E-state index in [1.807, 2.05) is 0 Å². The minimum Gasteiger partial charge on any atom is -1.00 e. The Hall–Kier alpha value is 0.751. The summed E-state index contributed by atoms with van der Waals surface area (Å²) in [5.41, 5.74) is 0. The smallest absolute Gasteiger partial charge is 1.00 e. The Kier molecular flexibility index (Phi) is 9.76. The predicted molar refractivity (Wildman–Crippen MR) is 46.7 cm³/mol. The third-order valence-electron chi connectivity index (χ3n) is 1.51. The summed E-state index contributed by atoms with van der Waals surface area (Å²) in [6.07, 6.45) is -7.84. The summed E-state index contributed by atoms with van der Waals surface area (Å²) in [7, 11) is 0. The van der Waals surface area contributed by atoms with Crippen molar-refractivity contribution in [2.45, 2.75) is 24.4 Å². The minimum absolute atomic E-state index is 0. The van der Waals surface area contributed by atoms with Gasteiger partial charge in [-0.2, -0.15) is 0 Å². The van der Waals surface area contributed by atoms with Crippen molar-refractivity contribution < 1.29 is 38.3 Å². The molecule has 0 heterocycles. The minimum atomic E-state index is -2.20. The third kappa shape index (κ3) is 5.01. The summed E-state index contributed by atoms with van der Waals surface area (Å²) in [4.78, 5) is 10.1. The molecule has 7 nitrogen and oxygen atoms in total. The molecule has 4 atom stereocenters. The summed E-state index contributed by atoms with van der Waals surface area (Å²) in [6, 6.07) is 0. The van der Waals surface area contributed by atoms with Crippen LogP contribution in [0.3, 0.4) is 0 Å². The predicted octanol–water partition coefficient (Wildman–Crippen LogP) is -3.65. The number of hydrogen-bond donors (Lipinski definition) is 6. The fourth-order valence-electron chi connectivity index (χ4n) is 0.668. The van der Waals surface area contributed by atoms with E-state index in [-0.39, 0.29) is 48.3 Å². The molecule has 0 aliphatic heterocycles. The zero-order valence-electron chi connectivity index (χ0n) is 9.32. The van der Waals surface area contributed by atoms with Gasteiger partial charge in [-0.1, -0.05) is 0 Å². The number of carboxylic acids is 1. The number of hydrogen-bond acceptors (Lipinski definition) is 6. The molecule has 8 heteroatoms. The molecule has 0 spiro atoms. The summed E-state index contributed by atoms with van der Waals surface area (Å²) < 4.78 is 0. The molecule has 0 saturated carbocycles. The molecule has 0 fully saturated rings. The van der Waals surface area contributed by atoms with Gasteiger partial charge >= 0.3 is 51.5 Å². The molecular formula is C6H14O7Sr. The van der Waals surface area contributed by atoms with Crippen LogP contribution in [0.2, 0.25) is 0 Å². The maximum absolute atomic E-state index is 10.1. The van der Waals surface area contributed by atoms with Crippen molar-refractivity contribution in [3.05, 3.63) is 0 Å². The van der Waals surface area contributed by atoms with Gasteiger partial charge < -0.3 is 33.5 Å². The van der Waals surface area contributed by atoms with E-state index in [1.54, 1.807) is 0 Å². The van der Waals surface area contributed by atoms with Gasteiger partial charge in [0.25, 0.3) is 0 Å². The molecule has 0 rings (SSSR count). The average molecular weight is 286 g/mol. The Morgan fingerprint density at radius 2 is 1.57 bits per heavy atom. The Morgan fingerprint density at radius 1 is 1.14 bits per heavy atom. The molecule has 0 aromatic rings. The van der Waals surface area contributed by atoms with Gasteiger partial charge in [-0.3, -0.25) is 0 Å². The first-order chi connectivity index (χ1) is 5.91. The van der Waals surface area contributed by atoms with Gasteiger partial charge in [0.2, 0.25) is 0 Å². The molecule has 0 aromatic carbocycles. The summed E-state index contributed by atoms with van der Waals surface area (Å²) >= 11 is 0. The molecule has 0 aliphatic carbocycles. The van der Waals surface area contributed by atoms with Gasteiger partial charge in [0.1, 0.15) is 18.3 Å². The van der Waals surface area contributed by atoms with Crippen LogP contribution in [-0.2, 0) is 4.79 Å². The Morgan fingerprint density at radius 3 is 1.86 bits per heavy atom. The van der Waals surface area contributed by atoms with Crippen LogP contribution in [0.5, 0.6) is 0 Å². The van der Waals surface area contributed by atoms with E-state index < -0.39 is 37.0 Å². The summed E-state index contributed by atoms with van der Waals surface area (Å²) in [5.74, 6) is -1.73. The van der Waals surface area contributed by atoms with Crippen LogP contribution < -0.4 is 0 Å². The van der Waals surface area contributed by atoms with Crippen molar-refractivity contribution >= 4 is 51.5 Å². The van der Waals surface area contributed by atoms with E-state index in [2.05, 4.69) is 0 Å². The van der Waals surface area contributed by atoms with E-state index in [4.69, 9.17) is 30.6 Å². The molecule has 0 aliphatic rings. The topological polar surface area (TPSA) is 138 Å². The molecule has 0 aromatic heterocycles. The van der Waals surface area contributed by atoms with Gasteiger partial charge in [-0.25, -0.2) is 4.79 Å². The number of aliphatic hydroxyl groups is 5. The SMILES string of the molecule is O=C(O)C(O)C(O)C(O)C(O)CO.[H-].[H-].[Sr+2]. The van der Waals surface area contributed by atoms with E-state index >= 15 is 0 Å². The molecule has 4 unspecified atom stereocenters. The van der Waals surface area contributed by atoms with Crippen LogP contribution in [0, 0.1) is 0 Å². The number of aliphatic carboxylic acids is 1. The zero-order chi connectivity index (χ0) is 10.6. The largest absolute Gasteiger partial charge is 2.00 e. The van der Waals surface area contributed by atoms with Gasteiger partial charge in [0, 0.05) is 0 Å². The number of rotatable bonds is 5. The maximum atomic E-state index is 10.1. The standard InChI is InChI=1S/C6H12O7.Sr.2H/c7-1-2(8)3(9)4(10)5(11)6(12)13;;;/h2-5,7-11H,1H2,(H,12,13);;;/q;+2;2*-1. The van der Waals surface area contributed by atoms with Crippen molar-refractivity contribution in [2.24, 2.45) is 0 Å². The molecule has 0 amide bonds. The Bertz CT molecular complexity index is 184. The number of carboxylic acid groups (broad SMARTS) is 1. The molecular weight excluding hydrogens is 272 g/mol. The number of carbonyl (C=O) groups is 1. The fraction of sp³-hybridized carbons (Fsp3) is 0.833. The van der Waals surface area contributed by atoms with Gasteiger partial charge in [0.05, 0.1) is 6.61 Å². The normalized spacial score (nSPS) is 18.9. The van der Waals surface area contributed by atoms with Crippen molar-refractivity contribution in [2.75, 3.05) is 6.61 Å². The first kappa shape index (κ1) is 17.2. The van der Waals surface area contributed by atoms with E-state index in [1.165, 1.54) is 0 Å². The van der Waals surface area contributed by atoms with Crippen molar-refractivity contribution in [1.29, 1.82) is 0 Å². The average Bonchev–Trinajstić information content (AvgIpc) is 2.12. The van der Waals surface area contributed by atoms with Crippen LogP contribution in [0.4, 0.5) is 0 Å². The fourth-order valence-corrected chi connectivity index (χ4v) is 0.668. The van der Waals surface area contributed by atoms with Crippen LogP contribution in [-0.4, -0.2) is 113 Å². The summed E-state index contributed by atoms with van der Waals surface area (Å²) in [6.45, 7) is -0.843. The van der Waals surface area contributed by atoms with Crippen LogP contribution >= 0.6 is 0 Å². The zero-order valence-corrected chi connectivity index (χ0v) is 10.8. The molecule has 0 radical (unpaired) electrons. The van der Waals surface area contributed by atoms with Crippen molar-refractivity contribution in [1.82, 2.24) is 0 Å². The van der Waals surface area contributed by atoms with E-state index in [9.17, 15) is 4.79 Å². The quantitative estimate of drug-likeness (QED) is 0.286. The molecule has 0 bridgehead atoms. The monoisotopic (exact) mass is 286 g/mol. The van der Waals surface area contributed by atoms with E-state index in [0.717, 1.165) is 0 Å². The van der Waals surface area contributed by atoms with Crippen LogP contribution in [0.1, 0.15) is 2.85 Å². The first-order valence-electron chi connectivity index (χ1n) is 3.47. The van der Waals surface area contributed by atoms with E-state index in [0.29, 0.717) is 0 Å². The second-order valence-corrected chi connectivity index (χ2v) is 2.51.